The molecular weight excluding hydrogens is 380 g/mol. The van der Waals surface area contributed by atoms with E-state index in [2.05, 4.69) is 56.6 Å². The van der Waals surface area contributed by atoms with Crippen LogP contribution in [-0.4, -0.2) is 26.7 Å². The Bertz CT molecular complexity index is 932. The molecule has 29 heavy (non-hydrogen) atoms. The van der Waals surface area contributed by atoms with Crippen molar-refractivity contribution < 1.29 is 14.0 Å². The molecule has 2 N–H and O–H groups in total. The molecule has 0 spiro atoms. The lowest BCUT2D eigenvalue weighted by molar-refractivity contribution is 0.0880. The first-order valence-electron chi connectivity index (χ1n) is 10.1. The lowest BCUT2D eigenvalue weighted by atomic mass is 10.1. The van der Waals surface area contributed by atoms with Gasteiger partial charge in [-0.15, -0.1) is 0 Å². The maximum absolute atomic E-state index is 12.0. The summed E-state index contributed by atoms with van der Waals surface area (Å²) in [5, 5.41) is 5.81. The Morgan fingerprint density at radius 2 is 1.76 bits per heavy atom. The zero-order valence-corrected chi connectivity index (χ0v) is 18.9. The van der Waals surface area contributed by atoms with E-state index in [9.17, 15) is 9.59 Å². The molecule has 0 unspecified atom stereocenters. The van der Waals surface area contributed by atoms with Gasteiger partial charge in [-0.25, -0.2) is 0 Å². The summed E-state index contributed by atoms with van der Waals surface area (Å²) in [5.74, 6) is 0.286. The van der Waals surface area contributed by atoms with E-state index < -0.39 is 8.32 Å². The molecule has 154 valence electrons. The molecule has 0 radical (unpaired) electrons. The Morgan fingerprint density at radius 1 is 1.03 bits per heavy atom. The van der Waals surface area contributed by atoms with Crippen LogP contribution >= 0.6 is 0 Å². The third kappa shape index (κ3) is 4.70. The smallest absolute Gasteiger partial charge is 0.261 e. The van der Waals surface area contributed by atoms with Crippen LogP contribution in [0.5, 0.6) is 5.75 Å². The van der Waals surface area contributed by atoms with E-state index in [0.717, 1.165) is 18.6 Å². The summed E-state index contributed by atoms with van der Waals surface area (Å²) in [5.41, 5.74) is 2.83. The minimum absolute atomic E-state index is 0.163. The van der Waals surface area contributed by atoms with E-state index >= 15 is 0 Å². The first kappa shape index (κ1) is 21.1. The normalized spacial score (nSPS) is 13.8. The number of amides is 2. The Kier molecular flexibility index (Phi) is 5.84. The number of carbonyl (C=O) groups is 2. The van der Waals surface area contributed by atoms with Gasteiger partial charge in [-0.1, -0.05) is 39.0 Å². The largest absolute Gasteiger partial charge is 0.543 e. The molecule has 2 aromatic carbocycles. The molecule has 0 saturated heterocycles. The van der Waals surface area contributed by atoms with Crippen LogP contribution in [0, 0.1) is 0 Å². The van der Waals surface area contributed by atoms with Gasteiger partial charge in [0.1, 0.15) is 5.75 Å². The number of nitrogens with one attached hydrogen (secondary N) is 2. The highest BCUT2D eigenvalue weighted by Crippen LogP contribution is 2.37. The van der Waals surface area contributed by atoms with Crippen LogP contribution in [0.2, 0.25) is 18.1 Å². The number of aryl methyl sites for hydroxylation is 1. The van der Waals surface area contributed by atoms with Gasteiger partial charge >= 0.3 is 0 Å². The number of carbonyl (C=O) groups excluding carboxylic acids is 2. The highest BCUT2D eigenvalue weighted by atomic mass is 28.4. The average molecular weight is 411 g/mol. The molecule has 1 aliphatic heterocycles. The van der Waals surface area contributed by atoms with Crippen molar-refractivity contribution in [3.63, 3.8) is 0 Å². The second kappa shape index (κ2) is 8.03. The zero-order chi connectivity index (χ0) is 21.2. The van der Waals surface area contributed by atoms with E-state index in [1.54, 1.807) is 12.1 Å². The van der Waals surface area contributed by atoms with Crippen molar-refractivity contribution in [2.24, 2.45) is 0 Å². The van der Waals surface area contributed by atoms with Gasteiger partial charge in [-0.3, -0.25) is 14.9 Å². The Hall–Kier alpha value is -2.60. The van der Waals surface area contributed by atoms with Crippen LogP contribution in [-0.2, 0) is 6.42 Å². The number of benzene rings is 2. The van der Waals surface area contributed by atoms with Crippen molar-refractivity contribution in [2.75, 3.05) is 11.9 Å². The van der Waals surface area contributed by atoms with Gasteiger partial charge in [0.25, 0.3) is 11.8 Å². The summed E-state index contributed by atoms with van der Waals surface area (Å²) >= 11 is 0. The van der Waals surface area contributed by atoms with Gasteiger partial charge in [0.05, 0.1) is 11.1 Å². The second-order valence-electron chi connectivity index (χ2n) is 9.05. The van der Waals surface area contributed by atoms with Gasteiger partial charge < -0.3 is 9.74 Å². The standard InChI is InChI=1S/C23H30N2O3Si/c1-23(2,3)29(4,5)28-17-11-6-9-16(15-17)10-8-14-24-19-13-7-12-18-20(19)22(27)25-21(18)26/h6-7,9,11-13,15,24H,8,10,14H2,1-5H3,(H,25,26,27). The van der Waals surface area contributed by atoms with Gasteiger partial charge in [0.15, 0.2) is 0 Å². The summed E-state index contributed by atoms with van der Waals surface area (Å²) in [4.78, 5) is 23.8. The summed E-state index contributed by atoms with van der Waals surface area (Å²) in [7, 11) is -1.85. The van der Waals surface area contributed by atoms with Gasteiger partial charge in [0, 0.05) is 12.2 Å². The van der Waals surface area contributed by atoms with Crippen molar-refractivity contribution >= 4 is 25.8 Å². The summed E-state index contributed by atoms with van der Waals surface area (Å²) < 4.78 is 6.40. The Morgan fingerprint density at radius 3 is 2.48 bits per heavy atom. The molecular formula is C23H30N2O3Si. The van der Waals surface area contributed by atoms with E-state index in [1.165, 1.54) is 5.56 Å². The third-order valence-corrected chi connectivity index (χ3v) is 10.2. The molecule has 0 atom stereocenters. The number of imide groups is 1. The minimum Gasteiger partial charge on any atom is -0.543 e. The third-order valence-electron chi connectivity index (χ3n) is 5.80. The predicted molar refractivity (Wildman–Crippen MR) is 119 cm³/mol. The van der Waals surface area contributed by atoms with Crippen LogP contribution in [0.4, 0.5) is 5.69 Å². The zero-order valence-electron chi connectivity index (χ0n) is 17.9. The first-order valence-corrected chi connectivity index (χ1v) is 13.0. The van der Waals surface area contributed by atoms with E-state index in [0.29, 0.717) is 23.4 Å². The molecule has 0 fully saturated rings. The average Bonchev–Trinajstić information content (AvgIpc) is 2.93. The quantitative estimate of drug-likeness (QED) is 0.383. The van der Waals surface area contributed by atoms with Crippen LogP contribution in [0.1, 0.15) is 53.5 Å². The first-order chi connectivity index (χ1) is 13.6. The van der Waals surface area contributed by atoms with Crippen LogP contribution in [0.15, 0.2) is 42.5 Å². The van der Waals surface area contributed by atoms with Gasteiger partial charge in [0.2, 0.25) is 8.32 Å². The molecule has 5 nitrogen and oxygen atoms in total. The molecule has 1 aliphatic rings. The molecule has 0 saturated carbocycles. The summed E-state index contributed by atoms with van der Waals surface area (Å²) in [6.45, 7) is 11.9. The number of fused-ring (bicyclic) bond motifs is 1. The van der Waals surface area contributed by atoms with Gasteiger partial charge in [-0.2, -0.15) is 0 Å². The van der Waals surface area contributed by atoms with Crippen molar-refractivity contribution in [3.8, 4) is 5.75 Å². The fourth-order valence-electron chi connectivity index (χ4n) is 3.09. The lowest BCUT2D eigenvalue weighted by Gasteiger charge is -2.36. The predicted octanol–water partition coefficient (Wildman–Crippen LogP) is 5.00. The summed E-state index contributed by atoms with van der Waals surface area (Å²) in [6, 6.07) is 13.6. The van der Waals surface area contributed by atoms with E-state index in [4.69, 9.17) is 4.43 Å². The Balaban J connectivity index is 1.57. The van der Waals surface area contributed by atoms with E-state index in [1.807, 2.05) is 18.2 Å². The van der Waals surface area contributed by atoms with Crippen molar-refractivity contribution in [1.29, 1.82) is 0 Å². The minimum atomic E-state index is -1.85. The molecule has 3 rings (SSSR count). The number of rotatable bonds is 7. The highest BCUT2D eigenvalue weighted by molar-refractivity contribution is 6.74. The van der Waals surface area contributed by atoms with Gasteiger partial charge in [-0.05, 0) is 60.8 Å². The molecule has 2 amide bonds. The van der Waals surface area contributed by atoms with Crippen molar-refractivity contribution in [3.05, 3.63) is 59.2 Å². The number of hydrogen-bond acceptors (Lipinski definition) is 4. The maximum atomic E-state index is 12.0. The molecule has 2 aromatic rings. The summed E-state index contributed by atoms with van der Waals surface area (Å²) in [6.07, 6.45) is 1.81. The molecule has 0 aromatic heterocycles. The molecule has 0 aliphatic carbocycles. The topological polar surface area (TPSA) is 67.4 Å². The fourth-order valence-corrected chi connectivity index (χ4v) is 4.12. The molecule has 0 bridgehead atoms. The van der Waals surface area contributed by atoms with Crippen LogP contribution in [0.25, 0.3) is 0 Å². The highest BCUT2D eigenvalue weighted by Gasteiger charge is 2.39. The lowest BCUT2D eigenvalue weighted by Crippen LogP contribution is -2.43. The molecule has 1 heterocycles. The van der Waals surface area contributed by atoms with Crippen LogP contribution < -0.4 is 15.1 Å². The fraction of sp³-hybridized carbons (Fsp3) is 0.391. The maximum Gasteiger partial charge on any atom is 0.261 e. The number of anilines is 1. The monoisotopic (exact) mass is 410 g/mol. The van der Waals surface area contributed by atoms with Crippen molar-refractivity contribution in [1.82, 2.24) is 5.32 Å². The SMILES string of the molecule is CC(C)(C)[Si](C)(C)Oc1cccc(CCCNc2cccc3c2C(=O)NC3=O)c1. The second-order valence-corrected chi connectivity index (χ2v) is 13.8. The van der Waals surface area contributed by atoms with Crippen molar-refractivity contribution in [2.45, 2.75) is 51.7 Å². The van der Waals surface area contributed by atoms with Crippen LogP contribution in [0.3, 0.4) is 0 Å². The van der Waals surface area contributed by atoms with E-state index in [-0.39, 0.29) is 16.9 Å². The Labute approximate surface area is 174 Å². The molecule has 6 heteroatoms. The number of hydrogen-bond donors (Lipinski definition) is 2.